The first kappa shape index (κ1) is 21.2. The Kier molecular flexibility index (Phi) is 6.44. The van der Waals surface area contributed by atoms with E-state index in [4.69, 9.17) is 4.98 Å². The van der Waals surface area contributed by atoms with Crippen molar-refractivity contribution >= 4 is 32.6 Å². The van der Waals surface area contributed by atoms with Gasteiger partial charge in [-0.1, -0.05) is 55.5 Å². The van der Waals surface area contributed by atoms with E-state index in [1.54, 1.807) is 17.5 Å². The van der Waals surface area contributed by atoms with Crippen LogP contribution in [-0.2, 0) is 0 Å². The van der Waals surface area contributed by atoms with E-state index in [0.29, 0.717) is 12.1 Å². The third kappa shape index (κ3) is 4.38. The Morgan fingerprint density at radius 1 is 1.00 bits per heavy atom. The van der Waals surface area contributed by atoms with Crippen LogP contribution >= 0.6 is 11.3 Å². The van der Waals surface area contributed by atoms with Gasteiger partial charge in [0, 0.05) is 13.1 Å². The minimum Gasteiger partial charge on any atom is -0.302 e. The molecule has 0 unspecified atom stereocenters. The van der Waals surface area contributed by atoms with Crippen LogP contribution in [0, 0.1) is 6.92 Å². The van der Waals surface area contributed by atoms with E-state index in [2.05, 4.69) is 23.8 Å². The topological polar surface area (TPSA) is 54.3 Å². The number of hydrogen-bond acceptors (Lipinski definition) is 5. The first-order chi connectivity index (χ1) is 15.1. The second-order valence-corrected chi connectivity index (χ2v) is 8.35. The van der Waals surface area contributed by atoms with E-state index in [1.165, 1.54) is 0 Å². The Hall–Kier alpha value is -3.03. The maximum atomic E-state index is 13.7. The zero-order chi connectivity index (χ0) is 21.8. The Morgan fingerprint density at radius 2 is 1.71 bits per heavy atom. The van der Waals surface area contributed by atoms with Crippen molar-refractivity contribution in [3.8, 4) is 5.69 Å². The van der Waals surface area contributed by atoms with Crippen LogP contribution in [0.15, 0.2) is 60.8 Å². The Balaban J connectivity index is 1.69. The molecular formula is C24H27N5OS. The molecule has 6 nitrogen and oxygen atoms in total. The van der Waals surface area contributed by atoms with Crippen LogP contribution in [0.2, 0.25) is 0 Å². The summed E-state index contributed by atoms with van der Waals surface area (Å²) in [7, 11) is 0. The van der Waals surface area contributed by atoms with Crippen molar-refractivity contribution in [3.63, 3.8) is 0 Å². The third-order valence-corrected chi connectivity index (χ3v) is 6.59. The van der Waals surface area contributed by atoms with Gasteiger partial charge in [-0.2, -0.15) is 5.10 Å². The van der Waals surface area contributed by atoms with Gasteiger partial charge in [0.15, 0.2) is 5.13 Å². The molecule has 4 rings (SSSR count). The molecule has 4 aromatic rings. The molecule has 0 aliphatic heterocycles. The minimum absolute atomic E-state index is 0.0640. The van der Waals surface area contributed by atoms with Gasteiger partial charge < -0.3 is 4.90 Å². The lowest BCUT2D eigenvalue weighted by Gasteiger charge is -2.24. The molecule has 0 bridgehead atoms. The second-order valence-electron chi connectivity index (χ2n) is 7.34. The molecule has 0 radical (unpaired) electrons. The van der Waals surface area contributed by atoms with E-state index < -0.39 is 0 Å². The summed E-state index contributed by atoms with van der Waals surface area (Å²) in [5.41, 5.74) is 3.28. The molecule has 0 aliphatic carbocycles. The van der Waals surface area contributed by atoms with Gasteiger partial charge in [-0.25, -0.2) is 9.67 Å². The van der Waals surface area contributed by atoms with Crippen LogP contribution in [0.4, 0.5) is 5.13 Å². The van der Waals surface area contributed by atoms with E-state index in [9.17, 15) is 4.79 Å². The van der Waals surface area contributed by atoms with Crippen molar-refractivity contribution in [3.05, 3.63) is 72.1 Å². The lowest BCUT2D eigenvalue weighted by atomic mass is 10.2. The monoisotopic (exact) mass is 433 g/mol. The molecule has 0 saturated heterocycles. The van der Waals surface area contributed by atoms with Crippen molar-refractivity contribution in [2.24, 2.45) is 0 Å². The van der Waals surface area contributed by atoms with E-state index in [-0.39, 0.29) is 5.91 Å². The molecular weight excluding hydrogens is 406 g/mol. The first-order valence-electron chi connectivity index (χ1n) is 10.6. The van der Waals surface area contributed by atoms with Gasteiger partial charge in [-0.15, -0.1) is 0 Å². The van der Waals surface area contributed by atoms with E-state index >= 15 is 0 Å². The summed E-state index contributed by atoms with van der Waals surface area (Å²) in [6.07, 6.45) is 1.67. The summed E-state index contributed by atoms with van der Waals surface area (Å²) in [5, 5.41) is 5.22. The maximum Gasteiger partial charge on any atom is 0.263 e. The van der Waals surface area contributed by atoms with Crippen molar-refractivity contribution in [2.45, 2.75) is 20.8 Å². The minimum atomic E-state index is -0.0640. The first-order valence-corrected chi connectivity index (χ1v) is 11.4. The number of fused-ring (bicyclic) bond motifs is 1. The smallest absolute Gasteiger partial charge is 0.263 e. The van der Waals surface area contributed by atoms with Crippen molar-refractivity contribution in [1.29, 1.82) is 0 Å². The van der Waals surface area contributed by atoms with Crippen LogP contribution in [0.1, 0.15) is 29.9 Å². The average molecular weight is 434 g/mol. The fourth-order valence-electron chi connectivity index (χ4n) is 3.64. The number of carbonyl (C=O) groups excluding carboxylic acids is 1. The van der Waals surface area contributed by atoms with E-state index in [1.807, 2.05) is 71.1 Å². The second kappa shape index (κ2) is 9.41. The highest BCUT2D eigenvalue weighted by Crippen LogP contribution is 2.30. The highest BCUT2D eigenvalue weighted by molar-refractivity contribution is 7.22. The number of carbonyl (C=O) groups is 1. The highest BCUT2D eigenvalue weighted by Gasteiger charge is 2.25. The third-order valence-electron chi connectivity index (χ3n) is 5.53. The Bertz CT molecular complexity index is 1130. The molecule has 160 valence electrons. The molecule has 0 atom stereocenters. The van der Waals surface area contributed by atoms with Crippen molar-refractivity contribution < 1.29 is 4.79 Å². The molecule has 0 fully saturated rings. The Labute approximate surface area is 186 Å². The Morgan fingerprint density at radius 3 is 2.42 bits per heavy atom. The average Bonchev–Trinajstić information content (AvgIpc) is 3.40. The molecule has 0 aliphatic rings. The molecule has 0 N–H and O–H groups in total. The number of anilines is 1. The summed E-state index contributed by atoms with van der Waals surface area (Å²) in [5.74, 6) is -0.0640. The maximum absolute atomic E-state index is 13.7. The summed E-state index contributed by atoms with van der Waals surface area (Å²) >= 11 is 1.55. The number of aromatic nitrogens is 3. The van der Waals surface area contributed by atoms with Gasteiger partial charge in [-0.05, 0) is 44.3 Å². The molecule has 0 saturated carbocycles. The SMILES string of the molecule is CCN(CC)CCN(C(=O)c1cnn(-c2ccccc2)c1C)c1nc2ccccc2s1. The molecule has 2 aromatic carbocycles. The number of thiazole rings is 1. The number of benzene rings is 2. The fraction of sp³-hybridized carbons (Fsp3) is 0.292. The molecule has 31 heavy (non-hydrogen) atoms. The van der Waals surface area contributed by atoms with Gasteiger partial charge in [0.05, 0.1) is 33.4 Å². The lowest BCUT2D eigenvalue weighted by molar-refractivity contribution is 0.0983. The summed E-state index contributed by atoms with van der Waals surface area (Å²) < 4.78 is 2.89. The van der Waals surface area contributed by atoms with Crippen LogP contribution in [0.5, 0.6) is 0 Å². The summed E-state index contributed by atoms with van der Waals surface area (Å²) in [6.45, 7) is 9.49. The van der Waals surface area contributed by atoms with Gasteiger partial charge in [-0.3, -0.25) is 9.69 Å². The lowest BCUT2D eigenvalue weighted by Crippen LogP contribution is -2.39. The number of rotatable bonds is 8. The predicted octanol–water partition coefficient (Wildman–Crippen LogP) is 4.78. The number of amides is 1. The van der Waals surface area contributed by atoms with Crippen molar-refractivity contribution in [1.82, 2.24) is 19.7 Å². The number of para-hydroxylation sites is 2. The number of nitrogens with zero attached hydrogens (tertiary/aromatic N) is 5. The standard InChI is InChI=1S/C24H27N5OS/c1-4-27(5-2)15-16-28(24-26-21-13-9-10-14-22(21)31-24)23(30)20-17-25-29(18(20)3)19-11-7-6-8-12-19/h6-14,17H,4-5,15-16H2,1-3H3. The quantitative estimate of drug-likeness (QED) is 0.401. The van der Waals surface area contributed by atoms with Crippen LogP contribution < -0.4 is 4.90 Å². The predicted molar refractivity (Wildman–Crippen MR) is 127 cm³/mol. The molecule has 7 heteroatoms. The molecule has 2 heterocycles. The number of likely N-dealkylation sites (N-methyl/N-ethyl adjacent to an activating group) is 1. The fourth-order valence-corrected chi connectivity index (χ4v) is 4.63. The normalized spacial score (nSPS) is 11.4. The summed E-state index contributed by atoms with van der Waals surface area (Å²) in [6, 6.07) is 17.9. The van der Waals surface area contributed by atoms with Crippen molar-refractivity contribution in [2.75, 3.05) is 31.1 Å². The van der Waals surface area contributed by atoms with Gasteiger partial charge in [0.2, 0.25) is 0 Å². The molecule has 2 aromatic heterocycles. The zero-order valence-corrected chi connectivity index (χ0v) is 19.0. The highest BCUT2D eigenvalue weighted by atomic mass is 32.1. The van der Waals surface area contributed by atoms with Crippen LogP contribution in [0.3, 0.4) is 0 Å². The van der Waals surface area contributed by atoms with E-state index in [0.717, 1.165) is 46.4 Å². The zero-order valence-electron chi connectivity index (χ0n) is 18.2. The largest absolute Gasteiger partial charge is 0.302 e. The number of hydrogen-bond donors (Lipinski definition) is 0. The summed E-state index contributed by atoms with van der Waals surface area (Å²) in [4.78, 5) is 22.6. The van der Waals surface area contributed by atoms with Gasteiger partial charge >= 0.3 is 0 Å². The van der Waals surface area contributed by atoms with Crippen LogP contribution in [0.25, 0.3) is 15.9 Å². The van der Waals surface area contributed by atoms with Gasteiger partial charge in [0.25, 0.3) is 5.91 Å². The molecule has 1 amide bonds. The van der Waals surface area contributed by atoms with Crippen LogP contribution in [-0.4, -0.2) is 51.8 Å². The van der Waals surface area contributed by atoms with Gasteiger partial charge in [0.1, 0.15) is 0 Å². The molecule has 0 spiro atoms.